The molecule has 0 aliphatic carbocycles. The van der Waals surface area contributed by atoms with Gasteiger partial charge in [0.05, 0.1) is 0 Å². The molecule has 5 heteroatoms. The van der Waals surface area contributed by atoms with E-state index in [2.05, 4.69) is 20.9 Å². The summed E-state index contributed by atoms with van der Waals surface area (Å²) in [6.07, 6.45) is 1.62. The molecule has 0 atom stereocenters. The van der Waals surface area contributed by atoms with Crippen LogP contribution in [0, 0.1) is 0 Å². The first-order valence-corrected chi connectivity index (χ1v) is 7.15. The Bertz CT molecular complexity index is 598. The lowest BCUT2D eigenvalue weighted by molar-refractivity contribution is 0.0747. The SMILES string of the molecule is CCN(Cc1ccccc1N)C(=O)c1ccc(Br)cn1. The molecule has 104 valence electrons. The molecule has 0 aliphatic rings. The van der Waals surface area contributed by atoms with Crippen LogP contribution in [0.5, 0.6) is 0 Å². The van der Waals surface area contributed by atoms with E-state index in [4.69, 9.17) is 5.73 Å². The quantitative estimate of drug-likeness (QED) is 0.874. The van der Waals surface area contributed by atoms with E-state index in [1.807, 2.05) is 37.3 Å². The van der Waals surface area contributed by atoms with E-state index < -0.39 is 0 Å². The number of benzene rings is 1. The average Bonchev–Trinajstić information content (AvgIpc) is 2.46. The highest BCUT2D eigenvalue weighted by atomic mass is 79.9. The Morgan fingerprint density at radius 2 is 2.05 bits per heavy atom. The molecule has 1 heterocycles. The minimum atomic E-state index is -0.0942. The summed E-state index contributed by atoms with van der Waals surface area (Å²) < 4.78 is 0.851. The van der Waals surface area contributed by atoms with E-state index >= 15 is 0 Å². The molecule has 0 spiro atoms. The molecule has 0 saturated carbocycles. The maximum absolute atomic E-state index is 12.4. The van der Waals surface area contributed by atoms with Crippen LogP contribution in [0.2, 0.25) is 0 Å². The summed E-state index contributed by atoms with van der Waals surface area (Å²) in [6.45, 7) is 3.03. The molecule has 0 saturated heterocycles. The van der Waals surface area contributed by atoms with Gasteiger partial charge in [-0.3, -0.25) is 4.79 Å². The highest BCUT2D eigenvalue weighted by Crippen LogP contribution is 2.15. The van der Waals surface area contributed by atoms with Gasteiger partial charge in [-0.05, 0) is 46.6 Å². The Morgan fingerprint density at radius 1 is 1.30 bits per heavy atom. The standard InChI is InChI=1S/C15H16BrN3O/c1-2-19(10-11-5-3-4-6-13(11)17)15(20)14-8-7-12(16)9-18-14/h3-9H,2,10,17H2,1H3. The number of pyridine rings is 1. The van der Waals surface area contributed by atoms with Crippen molar-refractivity contribution in [1.29, 1.82) is 0 Å². The molecule has 0 aliphatic heterocycles. The highest BCUT2D eigenvalue weighted by Gasteiger charge is 2.16. The van der Waals surface area contributed by atoms with Crippen LogP contribution in [0.1, 0.15) is 23.0 Å². The predicted molar refractivity (Wildman–Crippen MR) is 83.2 cm³/mol. The number of nitrogens with two attached hydrogens (primary N) is 1. The van der Waals surface area contributed by atoms with Crippen molar-refractivity contribution < 1.29 is 4.79 Å². The summed E-state index contributed by atoms with van der Waals surface area (Å²) in [6, 6.07) is 11.1. The second-order valence-electron chi connectivity index (χ2n) is 4.38. The fourth-order valence-corrected chi connectivity index (χ4v) is 2.11. The van der Waals surface area contributed by atoms with Crippen molar-refractivity contribution in [2.24, 2.45) is 0 Å². The van der Waals surface area contributed by atoms with Gasteiger partial charge in [-0.15, -0.1) is 0 Å². The van der Waals surface area contributed by atoms with Gasteiger partial charge in [-0.25, -0.2) is 4.98 Å². The lowest BCUT2D eigenvalue weighted by Crippen LogP contribution is -2.31. The molecular formula is C15H16BrN3O. The third-order valence-electron chi connectivity index (χ3n) is 3.03. The molecule has 4 nitrogen and oxygen atoms in total. The number of carbonyl (C=O) groups is 1. The first kappa shape index (κ1) is 14.5. The van der Waals surface area contributed by atoms with Gasteiger partial charge < -0.3 is 10.6 Å². The number of nitrogens with zero attached hydrogens (tertiary/aromatic N) is 2. The van der Waals surface area contributed by atoms with Crippen molar-refractivity contribution in [3.63, 3.8) is 0 Å². The zero-order chi connectivity index (χ0) is 14.5. The van der Waals surface area contributed by atoms with E-state index in [0.29, 0.717) is 24.5 Å². The van der Waals surface area contributed by atoms with E-state index in [9.17, 15) is 4.79 Å². The summed E-state index contributed by atoms with van der Waals surface area (Å²) in [5, 5.41) is 0. The number of aromatic nitrogens is 1. The molecule has 0 unspecified atom stereocenters. The van der Waals surface area contributed by atoms with Gasteiger partial charge >= 0.3 is 0 Å². The van der Waals surface area contributed by atoms with E-state index in [-0.39, 0.29) is 5.91 Å². The van der Waals surface area contributed by atoms with Crippen molar-refractivity contribution in [3.05, 3.63) is 58.3 Å². The molecule has 0 bridgehead atoms. The molecular weight excluding hydrogens is 318 g/mol. The smallest absolute Gasteiger partial charge is 0.272 e. The fraction of sp³-hybridized carbons (Fsp3) is 0.200. The maximum Gasteiger partial charge on any atom is 0.272 e. The molecule has 0 fully saturated rings. The first-order chi connectivity index (χ1) is 9.61. The van der Waals surface area contributed by atoms with Crippen molar-refractivity contribution >= 4 is 27.5 Å². The largest absolute Gasteiger partial charge is 0.398 e. The third-order valence-corrected chi connectivity index (χ3v) is 3.50. The molecule has 0 radical (unpaired) electrons. The van der Waals surface area contributed by atoms with Crippen molar-refractivity contribution in [2.45, 2.75) is 13.5 Å². The number of amides is 1. The number of hydrogen-bond acceptors (Lipinski definition) is 3. The number of halogens is 1. The van der Waals surface area contributed by atoms with Gasteiger partial charge in [0.15, 0.2) is 0 Å². The maximum atomic E-state index is 12.4. The van der Waals surface area contributed by atoms with Gasteiger partial charge in [-0.2, -0.15) is 0 Å². The van der Waals surface area contributed by atoms with E-state index in [1.165, 1.54) is 0 Å². The summed E-state index contributed by atoms with van der Waals surface area (Å²) in [5.41, 5.74) is 8.00. The Morgan fingerprint density at radius 3 is 2.65 bits per heavy atom. The number of anilines is 1. The zero-order valence-corrected chi connectivity index (χ0v) is 12.8. The molecule has 1 aromatic heterocycles. The van der Waals surface area contributed by atoms with E-state index in [1.54, 1.807) is 17.2 Å². The molecule has 2 N–H and O–H groups in total. The van der Waals surface area contributed by atoms with E-state index in [0.717, 1.165) is 10.0 Å². The van der Waals surface area contributed by atoms with Gasteiger partial charge in [0, 0.05) is 29.4 Å². The number of para-hydroxylation sites is 1. The molecule has 1 aromatic carbocycles. The van der Waals surface area contributed by atoms with Crippen LogP contribution < -0.4 is 5.73 Å². The van der Waals surface area contributed by atoms with Gasteiger partial charge in [0.2, 0.25) is 0 Å². The van der Waals surface area contributed by atoms with Crippen LogP contribution in [-0.4, -0.2) is 22.3 Å². The number of carbonyl (C=O) groups excluding carboxylic acids is 1. The van der Waals surface area contributed by atoms with Crippen molar-refractivity contribution in [2.75, 3.05) is 12.3 Å². The zero-order valence-electron chi connectivity index (χ0n) is 11.2. The Balaban J connectivity index is 2.18. The van der Waals surface area contributed by atoms with Crippen molar-refractivity contribution in [3.8, 4) is 0 Å². The van der Waals surface area contributed by atoms with Gasteiger partial charge in [0.1, 0.15) is 5.69 Å². The number of nitrogen functional groups attached to an aromatic ring is 1. The Hall–Kier alpha value is -1.88. The molecule has 2 aromatic rings. The van der Waals surface area contributed by atoms with Crippen LogP contribution in [0.25, 0.3) is 0 Å². The molecule has 20 heavy (non-hydrogen) atoms. The highest BCUT2D eigenvalue weighted by molar-refractivity contribution is 9.10. The average molecular weight is 334 g/mol. The van der Waals surface area contributed by atoms with Gasteiger partial charge in [-0.1, -0.05) is 18.2 Å². The van der Waals surface area contributed by atoms with Crippen LogP contribution in [0.4, 0.5) is 5.69 Å². The van der Waals surface area contributed by atoms with Crippen LogP contribution in [0.3, 0.4) is 0 Å². The second-order valence-corrected chi connectivity index (χ2v) is 5.30. The second kappa shape index (κ2) is 6.52. The predicted octanol–water partition coefficient (Wildman–Crippen LogP) is 3.09. The summed E-state index contributed by atoms with van der Waals surface area (Å²) in [7, 11) is 0. The first-order valence-electron chi connectivity index (χ1n) is 6.36. The third kappa shape index (κ3) is 3.36. The van der Waals surface area contributed by atoms with Gasteiger partial charge in [0.25, 0.3) is 5.91 Å². The number of rotatable bonds is 4. The minimum Gasteiger partial charge on any atom is -0.398 e. The monoisotopic (exact) mass is 333 g/mol. The fourth-order valence-electron chi connectivity index (χ4n) is 1.88. The Kier molecular flexibility index (Phi) is 4.74. The number of hydrogen-bond donors (Lipinski definition) is 1. The topological polar surface area (TPSA) is 59.2 Å². The van der Waals surface area contributed by atoms with Crippen LogP contribution in [0.15, 0.2) is 47.1 Å². The molecule has 2 rings (SSSR count). The normalized spacial score (nSPS) is 10.3. The lowest BCUT2D eigenvalue weighted by Gasteiger charge is -2.21. The summed E-state index contributed by atoms with van der Waals surface area (Å²) >= 11 is 3.31. The summed E-state index contributed by atoms with van der Waals surface area (Å²) in [4.78, 5) is 18.3. The van der Waals surface area contributed by atoms with Crippen LogP contribution in [-0.2, 0) is 6.54 Å². The lowest BCUT2D eigenvalue weighted by atomic mass is 10.1. The molecule has 1 amide bonds. The summed E-state index contributed by atoms with van der Waals surface area (Å²) in [5.74, 6) is -0.0942. The Labute approximate surface area is 126 Å². The van der Waals surface area contributed by atoms with Crippen LogP contribution >= 0.6 is 15.9 Å². The minimum absolute atomic E-state index is 0.0942. The van der Waals surface area contributed by atoms with Crippen molar-refractivity contribution in [1.82, 2.24) is 9.88 Å².